The van der Waals surface area contributed by atoms with Crippen molar-refractivity contribution in [3.8, 4) is 17.4 Å². The van der Waals surface area contributed by atoms with Gasteiger partial charge in [-0.05, 0) is 72.5 Å². The largest absolute Gasteiger partial charge is 0.495 e. The van der Waals surface area contributed by atoms with Crippen molar-refractivity contribution in [2.24, 2.45) is 11.3 Å². The number of hydrogen-bond acceptors (Lipinski definition) is 12. The molecule has 3 fully saturated rings. The molecular formula is C37H51BrN6O11S. The Balaban J connectivity index is 1.49. The van der Waals surface area contributed by atoms with Crippen molar-refractivity contribution in [2.45, 2.75) is 96.1 Å². The highest BCUT2D eigenvalue weighted by Crippen LogP contribution is 2.45. The van der Waals surface area contributed by atoms with E-state index in [0.717, 1.165) is 39.8 Å². The van der Waals surface area contributed by atoms with Crippen LogP contribution in [0, 0.1) is 11.3 Å². The van der Waals surface area contributed by atoms with Crippen LogP contribution >= 0.6 is 15.9 Å². The zero-order chi connectivity index (χ0) is 41.2. The first kappa shape index (κ1) is 42.9. The summed E-state index contributed by atoms with van der Waals surface area (Å²) < 4.78 is 51.9. The number of hydroxylamine groups is 1. The van der Waals surface area contributed by atoms with Gasteiger partial charge in [-0.2, -0.15) is 8.42 Å². The van der Waals surface area contributed by atoms with E-state index in [-0.39, 0.29) is 31.4 Å². The number of benzene rings is 1. The fraction of sp³-hybridized carbons (Fsp3) is 0.595. The lowest BCUT2D eigenvalue weighted by molar-refractivity contribution is -0.143. The summed E-state index contributed by atoms with van der Waals surface area (Å²) in [7, 11) is -0.679. The van der Waals surface area contributed by atoms with Crippen LogP contribution in [0.4, 0.5) is 4.79 Å². The van der Waals surface area contributed by atoms with Crippen molar-refractivity contribution in [3.63, 3.8) is 0 Å². The Hall–Kier alpha value is -4.20. The minimum atomic E-state index is -4.43. The SMILES string of the molecule is C=CC1C[C@]1(NC(=O)[C@@H]1C[C@@H](Oc2cc(OCC)nc3c(Br)c(OC)ccc23)CN1C(=O)[C@@H](NC(=O)OC1CCCC1)C(C)(C)C)C(=O)NS(=O)(=O)N(C)OC. The fourth-order valence-corrected chi connectivity index (χ4v) is 8.39. The maximum Gasteiger partial charge on any atom is 0.408 e. The number of ether oxygens (including phenoxy) is 4. The molecule has 4 amide bonds. The third kappa shape index (κ3) is 9.16. The number of nitrogens with one attached hydrogen (secondary N) is 3. The average Bonchev–Trinajstić information content (AvgIpc) is 3.40. The van der Waals surface area contributed by atoms with Crippen molar-refractivity contribution in [2.75, 3.05) is 34.4 Å². The van der Waals surface area contributed by atoms with Crippen LogP contribution in [-0.2, 0) is 34.2 Å². The Labute approximate surface area is 335 Å². The van der Waals surface area contributed by atoms with Gasteiger partial charge in [0.05, 0.1) is 37.4 Å². The Morgan fingerprint density at radius 3 is 2.43 bits per heavy atom. The summed E-state index contributed by atoms with van der Waals surface area (Å²) in [6, 6.07) is 2.79. The number of methoxy groups -OCH3 is 1. The number of amides is 4. The highest BCUT2D eigenvalue weighted by molar-refractivity contribution is 9.10. The molecule has 3 N–H and O–H groups in total. The lowest BCUT2D eigenvalue weighted by atomic mass is 9.85. The van der Waals surface area contributed by atoms with Crippen LogP contribution in [0.2, 0.25) is 0 Å². The molecule has 2 aliphatic carbocycles. The van der Waals surface area contributed by atoms with Gasteiger partial charge in [0.1, 0.15) is 41.3 Å². The van der Waals surface area contributed by atoms with Crippen LogP contribution in [0.25, 0.3) is 10.9 Å². The molecular weight excluding hydrogens is 816 g/mol. The molecule has 5 atom stereocenters. The number of fused-ring (bicyclic) bond motifs is 1. The average molecular weight is 868 g/mol. The first-order chi connectivity index (χ1) is 26.4. The van der Waals surface area contributed by atoms with E-state index in [1.165, 1.54) is 18.1 Å². The van der Waals surface area contributed by atoms with Gasteiger partial charge in [-0.15, -0.1) is 6.58 Å². The molecule has 3 aliphatic rings. The molecule has 1 aromatic carbocycles. The van der Waals surface area contributed by atoms with Gasteiger partial charge in [-0.1, -0.05) is 31.3 Å². The van der Waals surface area contributed by atoms with E-state index in [0.29, 0.717) is 38.0 Å². The van der Waals surface area contributed by atoms with Crippen LogP contribution in [0.5, 0.6) is 17.4 Å². The van der Waals surface area contributed by atoms with Crippen molar-refractivity contribution >= 4 is 60.9 Å². The van der Waals surface area contributed by atoms with Gasteiger partial charge in [0.15, 0.2) is 0 Å². The van der Waals surface area contributed by atoms with Crippen LogP contribution in [-0.4, -0.2) is 111 Å². The van der Waals surface area contributed by atoms with E-state index < -0.39 is 69.1 Å². The molecule has 1 saturated heterocycles. The van der Waals surface area contributed by atoms with Gasteiger partial charge in [-0.25, -0.2) is 14.5 Å². The number of likely N-dealkylation sites (tertiary alicyclic amines) is 1. The molecule has 1 aromatic heterocycles. The van der Waals surface area contributed by atoms with Gasteiger partial charge in [-0.3, -0.25) is 19.2 Å². The predicted octanol–water partition coefficient (Wildman–Crippen LogP) is 3.75. The Morgan fingerprint density at radius 2 is 1.84 bits per heavy atom. The van der Waals surface area contributed by atoms with E-state index in [2.05, 4.69) is 38.1 Å². The summed E-state index contributed by atoms with van der Waals surface area (Å²) in [6.07, 6.45) is 3.04. The second kappa shape index (κ2) is 17.1. The molecule has 19 heteroatoms. The van der Waals surface area contributed by atoms with E-state index in [1.807, 2.05) is 11.6 Å². The van der Waals surface area contributed by atoms with Crippen LogP contribution in [0.3, 0.4) is 0 Å². The highest BCUT2D eigenvalue weighted by Gasteiger charge is 2.62. The van der Waals surface area contributed by atoms with Gasteiger partial charge in [0.2, 0.25) is 17.7 Å². The number of nitrogens with zero attached hydrogens (tertiary/aromatic N) is 3. The maximum absolute atomic E-state index is 14.7. The van der Waals surface area contributed by atoms with E-state index >= 15 is 0 Å². The van der Waals surface area contributed by atoms with E-state index in [1.54, 1.807) is 39.0 Å². The summed E-state index contributed by atoms with van der Waals surface area (Å²) >= 11 is 3.56. The third-order valence-corrected chi connectivity index (χ3v) is 12.3. The normalized spacial score (nSPS) is 23.0. The maximum atomic E-state index is 14.7. The number of hydrogen-bond donors (Lipinski definition) is 3. The van der Waals surface area contributed by atoms with Gasteiger partial charge < -0.3 is 34.5 Å². The fourth-order valence-electron chi connectivity index (χ4n) is 7.05. The molecule has 2 heterocycles. The Bertz CT molecular complexity index is 1950. The molecule has 1 unspecified atom stereocenters. The Kier molecular flexibility index (Phi) is 13.1. The predicted molar refractivity (Wildman–Crippen MR) is 208 cm³/mol. The van der Waals surface area contributed by atoms with E-state index in [4.69, 9.17) is 23.8 Å². The zero-order valence-electron chi connectivity index (χ0n) is 32.7. The van der Waals surface area contributed by atoms with E-state index in [9.17, 15) is 27.6 Å². The number of pyridine rings is 1. The number of carbonyl (C=O) groups excluding carboxylic acids is 4. The van der Waals surface area contributed by atoms with Gasteiger partial charge in [0.25, 0.3) is 5.91 Å². The van der Waals surface area contributed by atoms with Gasteiger partial charge in [0, 0.05) is 30.8 Å². The smallest absolute Gasteiger partial charge is 0.408 e. The molecule has 0 spiro atoms. The third-order valence-electron chi connectivity index (χ3n) is 10.3. The van der Waals surface area contributed by atoms with Crippen molar-refractivity contribution in [1.29, 1.82) is 0 Å². The number of carbonyl (C=O) groups is 4. The second-order valence-corrected chi connectivity index (χ2v) is 17.6. The number of alkyl carbamates (subject to hydrolysis) is 1. The standard InChI is InChI=1S/C37H51BrN6O11S/c1-9-21-19-37(21,34(47)42-56(49,50)43(6)52-8)41-32(45)25-17-23(54-27-18-28(53-10-2)39-30-24(27)15-16-26(51-7)29(30)38)20-44(25)33(46)31(36(3,4)5)40-35(48)55-22-13-11-12-14-22/h9,15-16,18,21-23,25,31H,1,10-14,17,19-20H2,2-8H3,(H,40,48)(H,41,45)(H,42,47)/t21?,23-,25+,31-,37-/m1/s1. The summed E-state index contributed by atoms with van der Waals surface area (Å²) in [5, 5.41) is 6.10. The molecule has 0 radical (unpaired) electrons. The summed E-state index contributed by atoms with van der Waals surface area (Å²) in [5.74, 6) is -1.75. The summed E-state index contributed by atoms with van der Waals surface area (Å²) in [4.78, 5) is 66.5. The van der Waals surface area contributed by atoms with Crippen LogP contribution < -0.4 is 29.6 Å². The molecule has 0 bridgehead atoms. The second-order valence-electron chi connectivity index (χ2n) is 15.1. The van der Waals surface area contributed by atoms with Crippen LogP contribution in [0.15, 0.2) is 35.3 Å². The molecule has 17 nitrogen and oxygen atoms in total. The molecule has 56 heavy (non-hydrogen) atoms. The first-order valence-electron chi connectivity index (χ1n) is 18.4. The monoisotopic (exact) mass is 866 g/mol. The topological polar surface area (TPSA) is 204 Å². The molecule has 1 aliphatic heterocycles. The minimum absolute atomic E-state index is 0.0345. The van der Waals surface area contributed by atoms with Crippen molar-refractivity contribution in [3.05, 3.63) is 35.3 Å². The lowest BCUT2D eigenvalue weighted by Gasteiger charge is -2.35. The number of rotatable bonds is 15. The number of aromatic nitrogens is 1. The highest BCUT2D eigenvalue weighted by atomic mass is 79.9. The molecule has 2 aromatic rings. The molecule has 308 valence electrons. The van der Waals surface area contributed by atoms with Gasteiger partial charge >= 0.3 is 16.3 Å². The lowest BCUT2D eigenvalue weighted by Crippen LogP contribution is -2.60. The minimum Gasteiger partial charge on any atom is -0.495 e. The number of halogens is 1. The Morgan fingerprint density at radius 1 is 1.14 bits per heavy atom. The quantitative estimate of drug-likeness (QED) is 0.173. The molecule has 2 saturated carbocycles. The van der Waals surface area contributed by atoms with Crippen LogP contribution in [0.1, 0.15) is 66.2 Å². The summed E-state index contributed by atoms with van der Waals surface area (Å²) in [6.45, 7) is 11.1. The summed E-state index contributed by atoms with van der Waals surface area (Å²) in [5.41, 5.74) is -2.02. The zero-order valence-corrected chi connectivity index (χ0v) is 35.1. The molecule has 5 rings (SSSR count). The first-order valence-corrected chi connectivity index (χ1v) is 20.7. The van der Waals surface area contributed by atoms with Crippen molar-refractivity contribution < 1.29 is 51.4 Å². The van der Waals surface area contributed by atoms with Crippen molar-refractivity contribution in [1.82, 2.24) is 29.7 Å².